The van der Waals surface area contributed by atoms with E-state index in [1.807, 2.05) is 0 Å². The molecule has 0 aromatic rings. The summed E-state index contributed by atoms with van der Waals surface area (Å²) in [6, 6.07) is 0. The van der Waals surface area contributed by atoms with E-state index in [9.17, 15) is 4.79 Å². The Morgan fingerprint density at radius 3 is 2.36 bits per heavy atom. The third kappa shape index (κ3) is 5.96. The molecule has 0 spiro atoms. The number of epoxide rings is 1. The van der Waals surface area contributed by atoms with Crippen molar-refractivity contribution >= 4 is 5.97 Å². The van der Waals surface area contributed by atoms with Crippen molar-refractivity contribution in [2.45, 2.75) is 84.3 Å². The molecule has 1 heterocycles. The van der Waals surface area contributed by atoms with Gasteiger partial charge in [-0.2, -0.15) is 0 Å². The van der Waals surface area contributed by atoms with E-state index in [0.717, 1.165) is 50.5 Å². The van der Waals surface area contributed by atoms with Crippen molar-refractivity contribution in [3.63, 3.8) is 0 Å². The maximum absolute atomic E-state index is 11.3. The van der Waals surface area contributed by atoms with Gasteiger partial charge in [0.2, 0.25) is 0 Å². The van der Waals surface area contributed by atoms with Gasteiger partial charge in [-0.15, -0.1) is 0 Å². The Morgan fingerprint density at radius 1 is 1.18 bits per heavy atom. The maximum Gasteiger partial charge on any atom is 0.330 e. The highest BCUT2D eigenvalue weighted by molar-refractivity contribution is 5.82. The average molecular weight is 308 g/mol. The summed E-state index contributed by atoms with van der Waals surface area (Å²) in [5.74, 6) is -0.249. The molecule has 0 amide bonds. The monoisotopic (exact) mass is 308 g/mol. The first kappa shape index (κ1) is 19.0. The number of carbonyl (C=O) groups is 1. The molecule has 0 saturated carbocycles. The molecule has 0 bridgehead atoms. The summed E-state index contributed by atoms with van der Waals surface area (Å²) in [6.45, 7) is 8.69. The van der Waals surface area contributed by atoms with Gasteiger partial charge in [0.05, 0.1) is 18.8 Å². The lowest BCUT2D eigenvalue weighted by molar-refractivity contribution is -0.134. The fraction of sp³-hybridized carbons (Fsp3) is 0.737. The Morgan fingerprint density at radius 2 is 1.86 bits per heavy atom. The summed E-state index contributed by atoms with van der Waals surface area (Å²) in [5.41, 5.74) is 2.79. The van der Waals surface area contributed by atoms with Gasteiger partial charge in [-0.3, -0.25) is 0 Å². The zero-order chi connectivity index (χ0) is 16.6. The fourth-order valence-corrected chi connectivity index (χ4v) is 2.74. The third-order valence-corrected chi connectivity index (χ3v) is 4.79. The first-order chi connectivity index (χ1) is 10.5. The normalized spacial score (nSPS) is 25.2. The van der Waals surface area contributed by atoms with Crippen LogP contribution in [0.3, 0.4) is 0 Å². The summed E-state index contributed by atoms with van der Waals surface area (Å²) >= 11 is 0. The summed E-state index contributed by atoms with van der Waals surface area (Å²) in [4.78, 5) is 11.3. The van der Waals surface area contributed by atoms with E-state index in [4.69, 9.17) is 4.74 Å². The second-order valence-electron chi connectivity index (χ2n) is 6.25. The van der Waals surface area contributed by atoms with E-state index in [0.29, 0.717) is 6.10 Å². The molecule has 0 aliphatic carbocycles. The third-order valence-electron chi connectivity index (χ3n) is 4.79. The Balaban J connectivity index is 2.38. The van der Waals surface area contributed by atoms with Crippen LogP contribution in [0.15, 0.2) is 23.3 Å². The number of hydrogen-bond donors (Lipinski definition) is 0. The standard InChI is InChI=1S/C19H32O3/c1-6-15(12-13-17-19(4,8-3)22-17)10-9-11-16(7-2)14-18(20)21-5/h10,14,17H,6-9,11-13H2,1-5H3/b15-10+,16-14+/t17-,19+/m1/s1. The van der Waals surface area contributed by atoms with Crippen LogP contribution in [0.4, 0.5) is 0 Å². The van der Waals surface area contributed by atoms with E-state index >= 15 is 0 Å². The van der Waals surface area contributed by atoms with Crippen molar-refractivity contribution in [2.75, 3.05) is 7.11 Å². The Hall–Kier alpha value is -1.09. The van der Waals surface area contributed by atoms with Gasteiger partial charge in [0.25, 0.3) is 0 Å². The number of hydrogen-bond acceptors (Lipinski definition) is 3. The maximum atomic E-state index is 11.3. The molecule has 1 fully saturated rings. The SMILES string of the molecule is CC/C(=C\C(=O)OC)CC/C=C(\CC)CC[C@H]1O[C@@]1(C)CC. The van der Waals surface area contributed by atoms with Crippen LogP contribution in [-0.2, 0) is 14.3 Å². The lowest BCUT2D eigenvalue weighted by atomic mass is 9.97. The number of allylic oxidation sites excluding steroid dienone is 3. The van der Waals surface area contributed by atoms with Crippen molar-refractivity contribution in [2.24, 2.45) is 0 Å². The zero-order valence-electron chi connectivity index (χ0n) is 14.9. The quantitative estimate of drug-likeness (QED) is 0.248. The lowest BCUT2D eigenvalue weighted by Crippen LogP contribution is -2.07. The van der Waals surface area contributed by atoms with E-state index < -0.39 is 0 Å². The molecule has 0 N–H and O–H groups in total. The number of ether oxygens (including phenoxy) is 2. The van der Waals surface area contributed by atoms with Gasteiger partial charge in [0.1, 0.15) is 0 Å². The first-order valence-electron chi connectivity index (χ1n) is 8.62. The number of methoxy groups -OCH3 is 1. The second-order valence-corrected chi connectivity index (χ2v) is 6.25. The fourth-order valence-electron chi connectivity index (χ4n) is 2.74. The van der Waals surface area contributed by atoms with Crippen LogP contribution in [0, 0.1) is 0 Å². The Kier molecular flexibility index (Phi) is 7.88. The smallest absolute Gasteiger partial charge is 0.330 e. The molecular formula is C19H32O3. The van der Waals surface area contributed by atoms with Gasteiger partial charge in [-0.25, -0.2) is 4.79 Å². The van der Waals surface area contributed by atoms with Crippen LogP contribution < -0.4 is 0 Å². The number of rotatable bonds is 10. The summed E-state index contributed by atoms with van der Waals surface area (Å²) in [5, 5.41) is 0. The molecule has 1 saturated heterocycles. The van der Waals surface area contributed by atoms with Crippen LogP contribution >= 0.6 is 0 Å². The number of esters is 1. The molecule has 0 radical (unpaired) electrons. The summed E-state index contributed by atoms with van der Waals surface area (Å²) in [7, 11) is 1.42. The molecule has 3 heteroatoms. The second kappa shape index (κ2) is 9.14. The largest absolute Gasteiger partial charge is 0.466 e. The van der Waals surface area contributed by atoms with E-state index in [2.05, 4.69) is 38.5 Å². The van der Waals surface area contributed by atoms with Gasteiger partial charge in [-0.1, -0.05) is 38.0 Å². The zero-order valence-corrected chi connectivity index (χ0v) is 14.9. The van der Waals surface area contributed by atoms with Gasteiger partial charge < -0.3 is 9.47 Å². The minimum Gasteiger partial charge on any atom is -0.466 e. The van der Waals surface area contributed by atoms with Crippen molar-refractivity contribution in [3.05, 3.63) is 23.3 Å². The van der Waals surface area contributed by atoms with Crippen LogP contribution in [-0.4, -0.2) is 24.8 Å². The van der Waals surface area contributed by atoms with Crippen LogP contribution in [0.5, 0.6) is 0 Å². The minimum absolute atomic E-state index is 0.136. The summed E-state index contributed by atoms with van der Waals surface area (Å²) in [6.07, 6.45) is 11.7. The molecule has 126 valence electrons. The predicted molar refractivity (Wildman–Crippen MR) is 90.8 cm³/mol. The minimum atomic E-state index is -0.249. The van der Waals surface area contributed by atoms with Crippen molar-refractivity contribution < 1.29 is 14.3 Å². The highest BCUT2D eigenvalue weighted by Crippen LogP contribution is 2.42. The summed E-state index contributed by atoms with van der Waals surface area (Å²) < 4.78 is 10.5. The molecule has 1 aliphatic rings. The Bertz CT molecular complexity index is 422. The van der Waals surface area contributed by atoms with Gasteiger partial charge in [0, 0.05) is 6.08 Å². The lowest BCUT2D eigenvalue weighted by Gasteiger charge is -2.06. The molecule has 22 heavy (non-hydrogen) atoms. The molecule has 1 aliphatic heterocycles. The topological polar surface area (TPSA) is 38.8 Å². The molecule has 0 unspecified atom stereocenters. The highest BCUT2D eigenvalue weighted by atomic mass is 16.6. The molecule has 3 nitrogen and oxygen atoms in total. The number of carbonyl (C=O) groups excluding carboxylic acids is 1. The molecule has 0 aromatic heterocycles. The van der Waals surface area contributed by atoms with Crippen LogP contribution in [0.25, 0.3) is 0 Å². The van der Waals surface area contributed by atoms with Crippen molar-refractivity contribution in [1.29, 1.82) is 0 Å². The van der Waals surface area contributed by atoms with E-state index in [1.54, 1.807) is 6.08 Å². The Labute approximate surface area is 135 Å². The van der Waals surface area contributed by atoms with E-state index in [-0.39, 0.29) is 11.6 Å². The van der Waals surface area contributed by atoms with Gasteiger partial charge >= 0.3 is 5.97 Å². The molecular weight excluding hydrogens is 276 g/mol. The van der Waals surface area contributed by atoms with Crippen molar-refractivity contribution in [1.82, 2.24) is 0 Å². The van der Waals surface area contributed by atoms with Crippen molar-refractivity contribution in [3.8, 4) is 0 Å². The van der Waals surface area contributed by atoms with Gasteiger partial charge in [-0.05, 0) is 51.9 Å². The highest BCUT2D eigenvalue weighted by Gasteiger charge is 2.49. The van der Waals surface area contributed by atoms with Crippen LogP contribution in [0.2, 0.25) is 0 Å². The van der Waals surface area contributed by atoms with Gasteiger partial charge in [0.15, 0.2) is 0 Å². The average Bonchev–Trinajstić information content (AvgIpc) is 3.20. The first-order valence-corrected chi connectivity index (χ1v) is 8.62. The van der Waals surface area contributed by atoms with Crippen LogP contribution in [0.1, 0.15) is 72.6 Å². The van der Waals surface area contributed by atoms with E-state index in [1.165, 1.54) is 12.7 Å². The molecule has 0 aromatic carbocycles. The predicted octanol–water partition coefficient (Wildman–Crippen LogP) is 4.96. The molecule has 2 atom stereocenters. The molecule has 1 rings (SSSR count).